The first-order valence-corrected chi connectivity index (χ1v) is 8.64. The van der Waals surface area contributed by atoms with Gasteiger partial charge >= 0.3 is 0 Å². The van der Waals surface area contributed by atoms with Crippen molar-refractivity contribution in [1.29, 1.82) is 0 Å². The number of hydrogen-bond donors (Lipinski definition) is 1. The highest BCUT2D eigenvalue weighted by molar-refractivity contribution is 9.10. The van der Waals surface area contributed by atoms with Crippen LogP contribution in [-0.2, 0) is 13.1 Å². The van der Waals surface area contributed by atoms with Crippen molar-refractivity contribution in [3.05, 3.63) is 31.4 Å². The first-order chi connectivity index (χ1) is 9.01. The fourth-order valence-electron chi connectivity index (χ4n) is 1.85. The van der Waals surface area contributed by atoms with E-state index in [1.54, 1.807) is 22.7 Å². The van der Waals surface area contributed by atoms with Crippen LogP contribution in [0.3, 0.4) is 0 Å². The summed E-state index contributed by atoms with van der Waals surface area (Å²) in [4.78, 5) is 9.45. The van der Waals surface area contributed by atoms with Gasteiger partial charge in [-0.05, 0) is 27.9 Å². The van der Waals surface area contributed by atoms with Crippen molar-refractivity contribution in [2.75, 3.05) is 11.9 Å². The second-order valence-corrected chi connectivity index (χ2v) is 7.72. The average molecular weight is 360 g/mol. The molecule has 2 aromatic heterocycles. The summed E-state index contributed by atoms with van der Waals surface area (Å²) >= 11 is 6.95. The highest BCUT2D eigenvalue weighted by Gasteiger charge is 2.16. The fraction of sp³-hybridized carbons (Fsp3) is 0.462. The van der Waals surface area contributed by atoms with E-state index in [0.29, 0.717) is 12.5 Å². The summed E-state index contributed by atoms with van der Waals surface area (Å²) in [5.74, 6) is 0.424. The molecule has 0 spiro atoms. The average Bonchev–Trinajstić information content (AvgIpc) is 2.95. The van der Waals surface area contributed by atoms with E-state index in [1.807, 2.05) is 0 Å². The standard InChI is InChI=1S/C13H18BrN3S2/c1-8(2)12-11(5-15)19-13(16-12)17(3)6-10-4-9(14)7-18-10/h4,7-8H,5-6,15H2,1-3H3. The third-order valence-electron chi connectivity index (χ3n) is 2.79. The zero-order chi connectivity index (χ0) is 14.0. The minimum atomic E-state index is 0.424. The molecule has 0 unspecified atom stereocenters. The summed E-state index contributed by atoms with van der Waals surface area (Å²) in [6, 6.07) is 2.15. The molecule has 2 N–H and O–H groups in total. The fourth-order valence-corrected chi connectivity index (χ4v) is 4.41. The van der Waals surface area contributed by atoms with Gasteiger partial charge in [0.2, 0.25) is 0 Å². The van der Waals surface area contributed by atoms with Gasteiger partial charge in [-0.3, -0.25) is 0 Å². The van der Waals surface area contributed by atoms with Crippen molar-refractivity contribution in [3.8, 4) is 0 Å². The molecule has 104 valence electrons. The molecule has 0 bridgehead atoms. The molecule has 2 aromatic rings. The summed E-state index contributed by atoms with van der Waals surface area (Å²) in [5, 5.41) is 3.16. The molecule has 0 saturated heterocycles. The number of anilines is 1. The van der Waals surface area contributed by atoms with E-state index < -0.39 is 0 Å². The molecule has 6 heteroatoms. The van der Waals surface area contributed by atoms with Crippen molar-refractivity contribution < 1.29 is 0 Å². The topological polar surface area (TPSA) is 42.2 Å². The Labute approximate surface area is 130 Å². The second kappa shape index (κ2) is 6.35. The number of thiophene rings is 1. The molecule has 0 radical (unpaired) electrons. The summed E-state index contributed by atoms with van der Waals surface area (Å²) in [5.41, 5.74) is 6.95. The van der Waals surface area contributed by atoms with Gasteiger partial charge in [-0.15, -0.1) is 22.7 Å². The lowest BCUT2D eigenvalue weighted by Crippen LogP contribution is -2.15. The van der Waals surface area contributed by atoms with Gasteiger partial charge in [-0.2, -0.15) is 0 Å². The molecule has 2 heterocycles. The number of nitrogens with zero attached hydrogens (tertiary/aromatic N) is 2. The number of aromatic nitrogens is 1. The lowest BCUT2D eigenvalue weighted by molar-refractivity contribution is 0.805. The van der Waals surface area contributed by atoms with Crippen molar-refractivity contribution in [2.24, 2.45) is 5.73 Å². The smallest absolute Gasteiger partial charge is 0.185 e. The Morgan fingerprint density at radius 1 is 1.47 bits per heavy atom. The molecular weight excluding hydrogens is 342 g/mol. The van der Waals surface area contributed by atoms with Gasteiger partial charge in [0.15, 0.2) is 5.13 Å². The van der Waals surface area contributed by atoms with Crippen molar-refractivity contribution in [2.45, 2.75) is 32.9 Å². The second-order valence-electron chi connectivity index (χ2n) is 4.75. The van der Waals surface area contributed by atoms with Gasteiger partial charge in [0.25, 0.3) is 0 Å². The van der Waals surface area contributed by atoms with E-state index in [9.17, 15) is 0 Å². The third-order valence-corrected chi connectivity index (χ3v) is 5.68. The van der Waals surface area contributed by atoms with Gasteiger partial charge in [0.1, 0.15) is 0 Å². The van der Waals surface area contributed by atoms with E-state index in [2.05, 4.69) is 53.2 Å². The molecule has 2 rings (SSSR count). The molecule has 0 aromatic carbocycles. The molecule has 0 aliphatic heterocycles. The number of hydrogen-bond acceptors (Lipinski definition) is 5. The largest absolute Gasteiger partial charge is 0.346 e. The summed E-state index contributed by atoms with van der Waals surface area (Å²) in [6.45, 7) is 5.78. The van der Waals surface area contributed by atoms with Crippen LogP contribution in [0.25, 0.3) is 0 Å². The van der Waals surface area contributed by atoms with Crippen LogP contribution in [0.4, 0.5) is 5.13 Å². The van der Waals surface area contributed by atoms with E-state index in [1.165, 1.54) is 9.75 Å². The molecule has 0 aliphatic carbocycles. The van der Waals surface area contributed by atoms with Crippen LogP contribution < -0.4 is 10.6 Å². The Morgan fingerprint density at radius 2 is 2.21 bits per heavy atom. The lowest BCUT2D eigenvalue weighted by atomic mass is 10.1. The minimum Gasteiger partial charge on any atom is -0.346 e. The van der Waals surface area contributed by atoms with Gasteiger partial charge in [0, 0.05) is 33.2 Å². The zero-order valence-corrected chi connectivity index (χ0v) is 14.5. The van der Waals surface area contributed by atoms with E-state index >= 15 is 0 Å². The first kappa shape index (κ1) is 15.0. The van der Waals surface area contributed by atoms with Crippen LogP contribution in [0.15, 0.2) is 15.9 Å². The maximum absolute atomic E-state index is 5.81. The summed E-state index contributed by atoms with van der Waals surface area (Å²) < 4.78 is 1.14. The lowest BCUT2D eigenvalue weighted by Gasteiger charge is -2.14. The Bertz CT molecular complexity index is 548. The SMILES string of the molecule is CC(C)c1nc(N(C)Cc2cc(Br)cs2)sc1CN. The highest BCUT2D eigenvalue weighted by Crippen LogP contribution is 2.31. The van der Waals surface area contributed by atoms with E-state index in [4.69, 9.17) is 10.7 Å². The Hall–Kier alpha value is -0.430. The number of nitrogens with two attached hydrogens (primary N) is 1. The number of thiazole rings is 1. The van der Waals surface area contributed by atoms with Crippen molar-refractivity contribution in [3.63, 3.8) is 0 Å². The van der Waals surface area contributed by atoms with Gasteiger partial charge in [-0.25, -0.2) is 4.98 Å². The van der Waals surface area contributed by atoms with Crippen LogP contribution >= 0.6 is 38.6 Å². The third kappa shape index (κ3) is 3.56. The van der Waals surface area contributed by atoms with E-state index in [-0.39, 0.29) is 0 Å². The van der Waals surface area contributed by atoms with Crippen molar-refractivity contribution >= 4 is 43.7 Å². The van der Waals surface area contributed by atoms with E-state index in [0.717, 1.165) is 21.8 Å². The van der Waals surface area contributed by atoms with Crippen LogP contribution in [0, 0.1) is 0 Å². The molecular formula is C13H18BrN3S2. The van der Waals surface area contributed by atoms with Crippen LogP contribution in [-0.4, -0.2) is 12.0 Å². The highest BCUT2D eigenvalue weighted by atomic mass is 79.9. The van der Waals surface area contributed by atoms with Crippen molar-refractivity contribution in [1.82, 2.24) is 4.98 Å². The molecule has 0 aliphatic rings. The maximum Gasteiger partial charge on any atom is 0.185 e. The van der Waals surface area contributed by atoms with Crippen LogP contribution in [0.2, 0.25) is 0 Å². The van der Waals surface area contributed by atoms with Crippen LogP contribution in [0.5, 0.6) is 0 Å². The summed E-state index contributed by atoms with van der Waals surface area (Å²) in [6.07, 6.45) is 0. The molecule has 0 atom stereocenters. The Kier molecular flexibility index (Phi) is 5.00. The maximum atomic E-state index is 5.81. The molecule has 0 saturated carbocycles. The normalized spacial score (nSPS) is 11.3. The molecule has 0 fully saturated rings. The first-order valence-electron chi connectivity index (χ1n) is 6.15. The molecule has 3 nitrogen and oxygen atoms in total. The quantitative estimate of drug-likeness (QED) is 0.870. The minimum absolute atomic E-state index is 0.424. The van der Waals surface area contributed by atoms with Crippen LogP contribution in [0.1, 0.15) is 35.2 Å². The van der Waals surface area contributed by atoms with Gasteiger partial charge < -0.3 is 10.6 Å². The molecule has 0 amide bonds. The Morgan fingerprint density at radius 3 is 2.68 bits per heavy atom. The molecule has 19 heavy (non-hydrogen) atoms. The monoisotopic (exact) mass is 359 g/mol. The number of rotatable bonds is 5. The predicted octanol–water partition coefficient (Wildman–Crippen LogP) is 4.19. The number of halogens is 1. The Balaban J connectivity index is 2.17. The zero-order valence-electron chi connectivity index (χ0n) is 11.3. The van der Waals surface area contributed by atoms with Gasteiger partial charge in [0.05, 0.1) is 12.2 Å². The summed E-state index contributed by atoms with van der Waals surface area (Å²) in [7, 11) is 2.08. The van der Waals surface area contributed by atoms with Gasteiger partial charge in [-0.1, -0.05) is 13.8 Å². The predicted molar refractivity (Wildman–Crippen MR) is 88.2 cm³/mol.